The van der Waals surface area contributed by atoms with E-state index in [0.717, 1.165) is 26.7 Å². The lowest BCUT2D eigenvalue weighted by atomic mass is 10.1. The minimum Gasteiger partial charge on any atom is -0.497 e. The van der Waals surface area contributed by atoms with Gasteiger partial charge in [0.05, 0.1) is 7.11 Å². The van der Waals surface area contributed by atoms with Gasteiger partial charge in [-0.25, -0.2) is 9.78 Å². The molecule has 0 aliphatic heterocycles. The molecular weight excluding hydrogens is 430 g/mol. The Kier molecular flexibility index (Phi) is 5.00. The molecule has 8 heteroatoms. The van der Waals surface area contributed by atoms with E-state index in [0.29, 0.717) is 22.3 Å². The Morgan fingerprint density at radius 2 is 2.00 bits per heavy atom. The zero-order valence-corrected chi connectivity index (χ0v) is 16.6. The van der Waals surface area contributed by atoms with Crippen LogP contribution in [-0.2, 0) is 5.75 Å². The Labute approximate surface area is 167 Å². The number of methoxy groups -OCH3 is 1. The average Bonchev–Trinajstić information content (AvgIpc) is 3.14. The highest BCUT2D eigenvalue weighted by atomic mass is 79.9. The number of fused-ring (bicyclic) bond motifs is 1. The number of nitrogens with zero attached hydrogens (tertiary/aromatic N) is 2. The fraction of sp³-hybridized carbons (Fsp3) is 0.105. The Morgan fingerprint density at radius 3 is 2.78 bits per heavy atom. The second-order valence-electron chi connectivity index (χ2n) is 5.71. The lowest BCUT2D eigenvalue weighted by Crippen LogP contribution is -1.99. The van der Waals surface area contributed by atoms with E-state index in [1.807, 2.05) is 36.4 Å². The second-order valence-corrected chi connectivity index (χ2v) is 7.57. The monoisotopic (exact) mass is 443 g/mol. The first kappa shape index (κ1) is 17.8. The average molecular weight is 444 g/mol. The highest BCUT2D eigenvalue weighted by Crippen LogP contribution is 2.27. The van der Waals surface area contributed by atoms with Crippen molar-refractivity contribution in [3.05, 3.63) is 69.0 Å². The molecule has 0 aliphatic rings. The number of benzene rings is 2. The number of ether oxygens (including phenoxy) is 1. The van der Waals surface area contributed by atoms with Crippen molar-refractivity contribution in [3.8, 4) is 17.1 Å². The van der Waals surface area contributed by atoms with Crippen molar-refractivity contribution >= 4 is 38.7 Å². The summed E-state index contributed by atoms with van der Waals surface area (Å²) in [7, 11) is 1.63. The lowest BCUT2D eigenvalue weighted by Gasteiger charge is -2.04. The van der Waals surface area contributed by atoms with Gasteiger partial charge < -0.3 is 9.15 Å². The number of nitrogens with one attached hydrogen (secondary N) is 1. The first-order valence-electron chi connectivity index (χ1n) is 8.04. The normalized spacial score (nSPS) is 11.0. The molecule has 0 saturated carbocycles. The summed E-state index contributed by atoms with van der Waals surface area (Å²) in [6.07, 6.45) is 0. The molecule has 2 aromatic carbocycles. The van der Waals surface area contributed by atoms with Crippen LogP contribution in [0.4, 0.5) is 0 Å². The van der Waals surface area contributed by atoms with E-state index >= 15 is 0 Å². The van der Waals surface area contributed by atoms with Crippen molar-refractivity contribution in [1.29, 1.82) is 0 Å². The SMILES string of the molecule is COc1ccc(-c2nc(SCc3cc(=O)oc4cc(Br)ccc34)n[nH]2)cc1. The second kappa shape index (κ2) is 7.58. The summed E-state index contributed by atoms with van der Waals surface area (Å²) in [6.45, 7) is 0. The summed E-state index contributed by atoms with van der Waals surface area (Å²) in [5.41, 5.74) is 1.99. The van der Waals surface area contributed by atoms with Crippen LogP contribution in [-0.4, -0.2) is 22.3 Å². The molecule has 0 bridgehead atoms. The number of thioether (sulfide) groups is 1. The first-order chi connectivity index (χ1) is 13.1. The van der Waals surface area contributed by atoms with E-state index in [-0.39, 0.29) is 5.63 Å². The van der Waals surface area contributed by atoms with Gasteiger partial charge in [-0.15, -0.1) is 5.10 Å². The summed E-state index contributed by atoms with van der Waals surface area (Å²) >= 11 is 4.85. The molecule has 0 aliphatic carbocycles. The quantitative estimate of drug-likeness (QED) is 0.357. The van der Waals surface area contributed by atoms with E-state index in [1.54, 1.807) is 13.2 Å². The Morgan fingerprint density at radius 1 is 1.19 bits per heavy atom. The Bertz CT molecular complexity index is 1160. The van der Waals surface area contributed by atoms with Gasteiger partial charge in [0, 0.05) is 27.2 Å². The maximum atomic E-state index is 11.8. The molecule has 0 spiro atoms. The van der Waals surface area contributed by atoms with E-state index in [2.05, 4.69) is 31.1 Å². The van der Waals surface area contributed by atoms with Gasteiger partial charge in [-0.05, 0) is 48.0 Å². The van der Waals surface area contributed by atoms with E-state index < -0.39 is 0 Å². The molecule has 0 atom stereocenters. The molecule has 136 valence electrons. The summed E-state index contributed by atoms with van der Waals surface area (Å²) in [5, 5.41) is 8.71. The summed E-state index contributed by atoms with van der Waals surface area (Å²) < 4.78 is 11.3. The highest BCUT2D eigenvalue weighted by Gasteiger charge is 2.10. The van der Waals surface area contributed by atoms with Gasteiger partial charge in [0.25, 0.3) is 0 Å². The molecule has 0 saturated heterocycles. The first-order valence-corrected chi connectivity index (χ1v) is 9.82. The van der Waals surface area contributed by atoms with Crippen LogP contribution in [0.25, 0.3) is 22.4 Å². The molecule has 0 radical (unpaired) electrons. The van der Waals surface area contributed by atoms with Crippen LogP contribution in [0.1, 0.15) is 5.56 Å². The van der Waals surface area contributed by atoms with Gasteiger partial charge >= 0.3 is 5.63 Å². The number of hydrogen-bond donors (Lipinski definition) is 1. The van der Waals surface area contributed by atoms with Crippen molar-refractivity contribution in [2.45, 2.75) is 10.9 Å². The van der Waals surface area contributed by atoms with Crippen molar-refractivity contribution in [2.24, 2.45) is 0 Å². The third-order valence-corrected chi connectivity index (χ3v) is 5.37. The van der Waals surface area contributed by atoms with Crippen LogP contribution >= 0.6 is 27.7 Å². The maximum absolute atomic E-state index is 11.8. The molecule has 4 rings (SSSR count). The van der Waals surface area contributed by atoms with Crippen molar-refractivity contribution in [1.82, 2.24) is 15.2 Å². The molecule has 4 aromatic rings. The molecule has 6 nitrogen and oxygen atoms in total. The zero-order valence-electron chi connectivity index (χ0n) is 14.2. The topological polar surface area (TPSA) is 81.0 Å². The van der Waals surface area contributed by atoms with Crippen LogP contribution in [0.5, 0.6) is 5.75 Å². The van der Waals surface area contributed by atoms with Crippen molar-refractivity contribution in [2.75, 3.05) is 7.11 Å². The van der Waals surface area contributed by atoms with Gasteiger partial charge in [-0.2, -0.15) is 0 Å². The molecule has 1 N–H and O–H groups in total. The Hall–Kier alpha value is -2.58. The summed E-state index contributed by atoms with van der Waals surface area (Å²) in [4.78, 5) is 16.3. The smallest absolute Gasteiger partial charge is 0.336 e. The minimum absolute atomic E-state index is 0.370. The molecule has 0 fully saturated rings. The minimum atomic E-state index is -0.370. The van der Waals surface area contributed by atoms with Gasteiger partial charge in [0.2, 0.25) is 5.16 Å². The van der Waals surface area contributed by atoms with E-state index in [9.17, 15) is 4.79 Å². The third kappa shape index (κ3) is 3.91. The number of aromatic nitrogens is 3. The molecule has 27 heavy (non-hydrogen) atoms. The predicted octanol–water partition coefficient (Wildman–Crippen LogP) is 4.64. The predicted molar refractivity (Wildman–Crippen MR) is 108 cm³/mol. The van der Waals surface area contributed by atoms with Gasteiger partial charge in [-0.3, -0.25) is 5.10 Å². The lowest BCUT2D eigenvalue weighted by molar-refractivity contribution is 0.415. The van der Waals surface area contributed by atoms with Gasteiger partial charge in [0.15, 0.2) is 5.82 Å². The van der Waals surface area contributed by atoms with Crippen LogP contribution in [0.2, 0.25) is 0 Å². The summed E-state index contributed by atoms with van der Waals surface area (Å²) in [6, 6.07) is 14.7. The van der Waals surface area contributed by atoms with Crippen molar-refractivity contribution < 1.29 is 9.15 Å². The van der Waals surface area contributed by atoms with Crippen molar-refractivity contribution in [3.63, 3.8) is 0 Å². The fourth-order valence-corrected chi connectivity index (χ4v) is 3.78. The maximum Gasteiger partial charge on any atom is 0.336 e. The van der Waals surface area contributed by atoms with Crippen LogP contribution < -0.4 is 10.4 Å². The zero-order chi connectivity index (χ0) is 18.8. The molecule has 0 amide bonds. The number of aromatic amines is 1. The molecule has 0 unspecified atom stereocenters. The van der Waals surface area contributed by atoms with Crippen LogP contribution in [0.15, 0.2) is 67.4 Å². The van der Waals surface area contributed by atoms with Gasteiger partial charge in [-0.1, -0.05) is 27.7 Å². The molecule has 2 heterocycles. The number of hydrogen-bond acceptors (Lipinski definition) is 6. The van der Waals surface area contributed by atoms with E-state index in [4.69, 9.17) is 9.15 Å². The largest absolute Gasteiger partial charge is 0.497 e. The number of H-pyrrole nitrogens is 1. The van der Waals surface area contributed by atoms with Gasteiger partial charge in [0.1, 0.15) is 11.3 Å². The fourth-order valence-electron chi connectivity index (χ4n) is 2.65. The molecule has 2 aromatic heterocycles. The standard InChI is InChI=1S/C19H14BrN3O3S/c1-25-14-5-2-11(3-6-14)18-21-19(23-22-18)27-10-12-8-17(24)26-16-9-13(20)4-7-15(12)16/h2-9H,10H2,1H3,(H,21,22,23). The number of halogens is 1. The van der Waals surface area contributed by atoms with Crippen LogP contribution in [0, 0.1) is 0 Å². The number of rotatable bonds is 5. The highest BCUT2D eigenvalue weighted by molar-refractivity contribution is 9.10. The van der Waals surface area contributed by atoms with Crippen LogP contribution in [0.3, 0.4) is 0 Å². The van der Waals surface area contributed by atoms with E-state index in [1.165, 1.54) is 17.8 Å². The summed E-state index contributed by atoms with van der Waals surface area (Å²) in [5.74, 6) is 2.03. The Balaban J connectivity index is 1.55. The third-order valence-electron chi connectivity index (χ3n) is 3.98. The molecular formula is C19H14BrN3O3S.